The average Bonchev–Trinajstić information content (AvgIpc) is 3.11. The fourth-order valence-electron chi connectivity index (χ4n) is 2.91. The maximum Gasteiger partial charge on any atom is 0.242 e. The summed E-state index contributed by atoms with van der Waals surface area (Å²) in [6.07, 6.45) is 4.12. The third kappa shape index (κ3) is 5.90. The fraction of sp³-hybridized carbons (Fsp3) is 0.368. The number of hydrogen-bond donors (Lipinski definition) is 4. The second-order valence-electron chi connectivity index (χ2n) is 7.39. The Labute approximate surface area is 195 Å². The molecule has 3 aromatic rings. The number of nitrogens with zero attached hydrogens (tertiary/aromatic N) is 3. The minimum absolute atomic E-state index is 0. The van der Waals surface area contributed by atoms with E-state index in [1.165, 1.54) is 13.1 Å². The van der Waals surface area contributed by atoms with Crippen molar-refractivity contribution in [3.05, 3.63) is 35.5 Å². The van der Waals surface area contributed by atoms with Crippen LogP contribution in [0.15, 0.2) is 24.7 Å². The van der Waals surface area contributed by atoms with Crippen LogP contribution in [0.4, 0.5) is 10.2 Å². The van der Waals surface area contributed by atoms with E-state index >= 15 is 0 Å². The van der Waals surface area contributed by atoms with E-state index in [1.807, 2.05) is 0 Å². The van der Waals surface area contributed by atoms with Gasteiger partial charge in [0.2, 0.25) is 15.9 Å². The number of fused-ring (bicyclic) bond motifs is 1. The van der Waals surface area contributed by atoms with Crippen molar-refractivity contribution in [2.75, 3.05) is 17.6 Å². The lowest BCUT2D eigenvalue weighted by molar-refractivity contribution is -0.121. The number of pyridine rings is 1. The van der Waals surface area contributed by atoms with Crippen molar-refractivity contribution in [3.63, 3.8) is 0 Å². The van der Waals surface area contributed by atoms with Gasteiger partial charge in [-0.15, -0.1) is 0 Å². The summed E-state index contributed by atoms with van der Waals surface area (Å²) in [7, 11) is -3.50. The van der Waals surface area contributed by atoms with Crippen LogP contribution in [0.2, 0.25) is 5.02 Å². The highest BCUT2D eigenvalue weighted by Crippen LogP contribution is 2.28. The van der Waals surface area contributed by atoms with Gasteiger partial charge in [0.25, 0.3) is 0 Å². The molecule has 0 radical (unpaired) electrons. The summed E-state index contributed by atoms with van der Waals surface area (Å²) in [4.78, 5) is 27.7. The zero-order valence-electron chi connectivity index (χ0n) is 17.6. The minimum atomic E-state index is -3.50. The fourth-order valence-corrected chi connectivity index (χ4v) is 4.28. The highest BCUT2D eigenvalue weighted by molar-refractivity contribution is 7.89. The highest BCUT2D eigenvalue weighted by atomic mass is 35.5. The summed E-state index contributed by atoms with van der Waals surface area (Å²) in [5, 5.41) is 6.30. The van der Waals surface area contributed by atoms with E-state index in [1.54, 1.807) is 26.1 Å². The van der Waals surface area contributed by atoms with Crippen LogP contribution in [0.1, 0.15) is 26.5 Å². The van der Waals surface area contributed by atoms with E-state index in [-0.39, 0.29) is 35.7 Å². The molecule has 32 heavy (non-hydrogen) atoms. The van der Waals surface area contributed by atoms with Crippen LogP contribution in [0.5, 0.6) is 0 Å². The molecule has 10 nitrogen and oxygen atoms in total. The predicted molar refractivity (Wildman–Crippen MR) is 129 cm³/mol. The van der Waals surface area contributed by atoms with Gasteiger partial charge in [-0.2, -0.15) is 0 Å². The third-order valence-electron chi connectivity index (χ3n) is 4.31. The van der Waals surface area contributed by atoms with E-state index < -0.39 is 27.8 Å². The maximum absolute atomic E-state index is 14.3. The summed E-state index contributed by atoms with van der Waals surface area (Å²) < 4.78 is 40.4. The number of sulfonamides is 1. The summed E-state index contributed by atoms with van der Waals surface area (Å²) in [5.74, 6) is -1.48. The van der Waals surface area contributed by atoms with E-state index in [4.69, 9.17) is 11.6 Å². The topological polar surface area (TPSA) is 142 Å². The molecule has 0 aliphatic carbocycles. The molecule has 0 fully saturated rings. The van der Waals surface area contributed by atoms with Crippen LogP contribution >= 0.6 is 11.6 Å². The first-order valence-corrected chi connectivity index (χ1v) is 11.8. The van der Waals surface area contributed by atoms with Gasteiger partial charge in [-0.1, -0.05) is 11.6 Å². The monoisotopic (exact) mass is 491 g/mol. The van der Waals surface area contributed by atoms with Gasteiger partial charge in [0, 0.05) is 41.6 Å². The zero-order chi connectivity index (χ0) is 23.5. The van der Waals surface area contributed by atoms with Crippen molar-refractivity contribution >= 4 is 44.4 Å². The largest absolute Gasteiger partial charge is 0.356 e. The van der Waals surface area contributed by atoms with Gasteiger partial charge in [-0.25, -0.2) is 32.5 Å². The van der Waals surface area contributed by atoms with Crippen LogP contribution in [0, 0.1) is 5.82 Å². The van der Waals surface area contributed by atoms with Crippen LogP contribution in [0.25, 0.3) is 22.4 Å². The number of anilines is 1. The van der Waals surface area contributed by atoms with Crippen LogP contribution in [-0.4, -0.2) is 58.6 Å². The second-order valence-corrected chi connectivity index (χ2v) is 9.70. The molecular formula is C19H31ClFN7O3S. The van der Waals surface area contributed by atoms with Gasteiger partial charge in [0.15, 0.2) is 17.5 Å². The molecule has 4 N–H and O–H groups in total. The first kappa shape index (κ1) is 23.8. The van der Waals surface area contributed by atoms with Gasteiger partial charge in [0.05, 0.1) is 17.0 Å². The smallest absolute Gasteiger partial charge is 0.242 e. The molecule has 0 saturated carbocycles. The predicted octanol–water partition coefficient (Wildman–Crippen LogP) is 3.04. The first-order valence-electron chi connectivity index (χ1n) is 9.75. The second kappa shape index (κ2) is 9.76. The number of aromatic amines is 1. The number of halogens is 2. The molecule has 13 heteroatoms. The number of rotatable bonds is 9. The number of aromatic nitrogens is 4. The van der Waals surface area contributed by atoms with Gasteiger partial charge < -0.3 is 15.6 Å². The number of amides is 1. The highest BCUT2D eigenvalue weighted by Gasteiger charge is 2.19. The molecule has 3 rings (SSSR count). The Morgan fingerprint density at radius 3 is 2.75 bits per heavy atom. The molecule has 180 valence electrons. The molecule has 0 spiro atoms. The molecule has 0 aliphatic rings. The molecule has 1 amide bonds. The molecule has 3 aromatic heterocycles. The first-order chi connectivity index (χ1) is 15.1. The van der Waals surface area contributed by atoms with E-state index in [2.05, 4.69) is 35.3 Å². The summed E-state index contributed by atoms with van der Waals surface area (Å²) in [6, 6.07) is 0.565. The van der Waals surface area contributed by atoms with Crippen molar-refractivity contribution in [1.82, 2.24) is 30.0 Å². The van der Waals surface area contributed by atoms with Gasteiger partial charge in [-0.3, -0.25) is 4.79 Å². The van der Waals surface area contributed by atoms with Crippen LogP contribution in [-0.2, 0) is 14.8 Å². The quantitative estimate of drug-likeness (QED) is 0.360. The maximum atomic E-state index is 14.3. The molecule has 0 aliphatic heterocycles. The molecule has 0 bridgehead atoms. The number of carbonyl (C=O) groups excluding carboxylic acids is 1. The van der Waals surface area contributed by atoms with Crippen molar-refractivity contribution in [3.8, 4) is 11.4 Å². The molecule has 0 unspecified atom stereocenters. The molecule has 0 saturated heterocycles. The van der Waals surface area contributed by atoms with Crippen molar-refractivity contribution in [2.45, 2.75) is 32.9 Å². The van der Waals surface area contributed by atoms with Crippen molar-refractivity contribution in [2.24, 2.45) is 0 Å². The SMILES string of the molecule is CC(C)NS(=O)(=O)CCNC(=O)[C@H](C)Nc1nc(-c2c[nH]c3ncc(Cl)cc23)ncc1F.[HH].[HH].[HH].[HH]. The number of hydrogen-bond acceptors (Lipinski definition) is 7. The molecule has 3 heterocycles. The van der Waals surface area contributed by atoms with Gasteiger partial charge in [0.1, 0.15) is 11.7 Å². The van der Waals surface area contributed by atoms with E-state index in [0.717, 1.165) is 6.20 Å². The number of H-pyrrole nitrogens is 1. The van der Waals surface area contributed by atoms with Crippen molar-refractivity contribution in [1.29, 1.82) is 0 Å². The summed E-state index contributed by atoms with van der Waals surface area (Å²) in [6.45, 7) is 4.82. The lowest BCUT2D eigenvalue weighted by Crippen LogP contribution is -2.42. The Kier molecular flexibility index (Phi) is 7.26. The van der Waals surface area contributed by atoms with Gasteiger partial charge in [-0.05, 0) is 26.8 Å². The Bertz CT molecular complexity index is 1250. The molecule has 0 aromatic carbocycles. The Hall–Kier alpha value is -2.83. The van der Waals surface area contributed by atoms with Crippen molar-refractivity contribution < 1.29 is 23.3 Å². The third-order valence-corrected chi connectivity index (χ3v) is 6.09. The zero-order valence-corrected chi connectivity index (χ0v) is 19.2. The van der Waals surface area contributed by atoms with Crippen LogP contribution in [0.3, 0.4) is 0 Å². The van der Waals surface area contributed by atoms with Gasteiger partial charge >= 0.3 is 0 Å². The lowest BCUT2D eigenvalue weighted by Gasteiger charge is -2.16. The van der Waals surface area contributed by atoms with Crippen LogP contribution < -0.4 is 15.4 Å². The number of nitrogens with one attached hydrogen (secondary N) is 4. The minimum Gasteiger partial charge on any atom is -0.356 e. The summed E-state index contributed by atoms with van der Waals surface area (Å²) >= 11 is 6.01. The molecular weight excluding hydrogens is 461 g/mol. The summed E-state index contributed by atoms with van der Waals surface area (Å²) in [5.41, 5.74) is 1.14. The number of carbonyl (C=O) groups is 1. The molecule has 1 atom stereocenters. The Balaban J connectivity index is 0. The van der Waals surface area contributed by atoms with E-state index in [9.17, 15) is 17.6 Å². The lowest BCUT2D eigenvalue weighted by atomic mass is 10.2. The Morgan fingerprint density at radius 2 is 2.03 bits per heavy atom. The normalized spacial score (nSPS) is 12.8. The van der Waals surface area contributed by atoms with E-state index in [0.29, 0.717) is 21.6 Å². The Morgan fingerprint density at radius 1 is 1.28 bits per heavy atom. The average molecular weight is 492 g/mol. The standard InChI is InChI=1S/C19H23ClFN7O3S.4H2/c1-10(2)28-32(30,31)5-4-22-19(29)11(3)26-18-15(21)9-25-17(27-18)14-8-24-16-13(14)6-12(20)7-23-16;;;;/h6-11,28H,4-5H2,1-3H3,(H,22,29)(H,23,24)(H,25,26,27);4*1H/t11-;;;;/m0..../s1.